The Balaban J connectivity index is 0.996. The molecule has 0 heterocycles. The van der Waals surface area contributed by atoms with Gasteiger partial charge < -0.3 is 15.4 Å². The minimum Gasteiger partial charge on any atom is -0.375 e. The molecule has 0 amide bonds. The number of rotatable bonds is 20. The van der Waals surface area contributed by atoms with Crippen LogP contribution in [0.5, 0.6) is 0 Å². The van der Waals surface area contributed by atoms with Gasteiger partial charge in [0.05, 0.1) is 12.2 Å². The predicted molar refractivity (Wildman–Crippen MR) is 196 cm³/mol. The summed E-state index contributed by atoms with van der Waals surface area (Å²) in [6, 6.07) is 1.46. The van der Waals surface area contributed by atoms with E-state index < -0.39 is 0 Å². The zero-order valence-electron chi connectivity index (χ0n) is 31.0. The van der Waals surface area contributed by atoms with E-state index in [1.807, 2.05) is 0 Å². The Morgan fingerprint density at radius 3 is 1.16 bits per heavy atom. The highest BCUT2D eigenvalue weighted by Crippen LogP contribution is 2.37. The third-order valence-electron chi connectivity index (χ3n) is 13.5. The van der Waals surface area contributed by atoms with Crippen LogP contribution in [0.25, 0.3) is 0 Å². The van der Waals surface area contributed by atoms with Gasteiger partial charge in [-0.1, -0.05) is 118 Å². The summed E-state index contributed by atoms with van der Waals surface area (Å²) in [5.74, 6) is 5.99. The van der Waals surface area contributed by atoms with Crippen molar-refractivity contribution in [2.24, 2.45) is 35.5 Å². The Hall–Kier alpha value is -0.120. The first kappa shape index (κ1) is 37.7. The van der Waals surface area contributed by atoms with E-state index in [9.17, 15) is 0 Å². The van der Waals surface area contributed by atoms with Gasteiger partial charge in [-0.15, -0.1) is 0 Å². The molecule has 3 heteroatoms. The van der Waals surface area contributed by atoms with Gasteiger partial charge in [-0.3, -0.25) is 0 Å². The Morgan fingerprint density at radius 1 is 0.467 bits per heavy atom. The van der Waals surface area contributed by atoms with Crippen molar-refractivity contribution in [2.75, 3.05) is 13.1 Å². The summed E-state index contributed by atoms with van der Waals surface area (Å²) in [7, 11) is 0. The highest BCUT2D eigenvalue weighted by atomic mass is 16.5. The Bertz CT molecular complexity index is 650. The van der Waals surface area contributed by atoms with Crippen LogP contribution in [0.3, 0.4) is 0 Å². The molecular formula is C42H80N2O. The van der Waals surface area contributed by atoms with Crippen LogP contribution in [-0.4, -0.2) is 37.4 Å². The monoisotopic (exact) mass is 629 g/mol. The van der Waals surface area contributed by atoms with Gasteiger partial charge in [0.2, 0.25) is 0 Å². The Kier molecular flexibility index (Phi) is 18.2. The molecule has 4 fully saturated rings. The van der Waals surface area contributed by atoms with Crippen molar-refractivity contribution in [3.05, 3.63) is 0 Å². The van der Waals surface area contributed by atoms with Crippen molar-refractivity contribution in [1.82, 2.24) is 10.6 Å². The maximum Gasteiger partial charge on any atom is 0.0580 e. The summed E-state index contributed by atoms with van der Waals surface area (Å²) in [6.45, 7) is 12.0. The minimum atomic E-state index is 0.520. The van der Waals surface area contributed by atoms with E-state index >= 15 is 0 Å². The Morgan fingerprint density at radius 2 is 0.822 bits per heavy atom. The molecule has 264 valence electrons. The van der Waals surface area contributed by atoms with Crippen molar-refractivity contribution < 1.29 is 4.74 Å². The Labute approximate surface area is 282 Å². The molecule has 4 aliphatic rings. The third kappa shape index (κ3) is 14.1. The molecule has 0 radical (unpaired) electrons. The van der Waals surface area contributed by atoms with Gasteiger partial charge in [0.25, 0.3) is 0 Å². The maximum atomic E-state index is 6.71. The fourth-order valence-corrected chi connectivity index (χ4v) is 10.3. The number of nitrogens with one attached hydrogen (secondary N) is 2. The molecule has 2 unspecified atom stereocenters. The average Bonchev–Trinajstić information content (AvgIpc) is 3.07. The molecule has 4 aliphatic carbocycles. The molecule has 45 heavy (non-hydrogen) atoms. The largest absolute Gasteiger partial charge is 0.375 e. The van der Waals surface area contributed by atoms with Crippen molar-refractivity contribution in [2.45, 2.75) is 219 Å². The van der Waals surface area contributed by atoms with Crippen LogP contribution in [0.15, 0.2) is 0 Å². The second-order valence-electron chi connectivity index (χ2n) is 16.9. The normalized spacial score (nSPS) is 34.4. The van der Waals surface area contributed by atoms with Gasteiger partial charge >= 0.3 is 0 Å². The number of ether oxygens (including phenoxy) is 1. The van der Waals surface area contributed by atoms with E-state index in [0.717, 1.165) is 47.6 Å². The van der Waals surface area contributed by atoms with Gasteiger partial charge in [-0.05, 0) is 126 Å². The fraction of sp³-hybridized carbons (Fsp3) is 1.00. The van der Waals surface area contributed by atoms with Crippen LogP contribution in [0.2, 0.25) is 0 Å². The summed E-state index contributed by atoms with van der Waals surface area (Å²) >= 11 is 0. The maximum absolute atomic E-state index is 6.71. The number of hydrogen-bond donors (Lipinski definition) is 2. The topological polar surface area (TPSA) is 33.3 Å². The van der Waals surface area contributed by atoms with Gasteiger partial charge in [-0.25, -0.2) is 0 Å². The van der Waals surface area contributed by atoms with Gasteiger partial charge in [0, 0.05) is 12.1 Å². The quantitative estimate of drug-likeness (QED) is 0.141. The van der Waals surface area contributed by atoms with E-state index in [0.29, 0.717) is 12.2 Å². The van der Waals surface area contributed by atoms with Crippen molar-refractivity contribution >= 4 is 0 Å². The highest BCUT2D eigenvalue weighted by Gasteiger charge is 2.28. The SMILES string of the molecule is CCCC1CCC(CC(CC)CCNC2CCC(OC3CCC(NCCC(CC)CC4CCC(CCC)CC4)CC3)CC2)CC1. The lowest BCUT2D eigenvalue weighted by atomic mass is 9.76. The van der Waals surface area contributed by atoms with Crippen LogP contribution < -0.4 is 10.6 Å². The van der Waals surface area contributed by atoms with Crippen LogP contribution in [0, 0.1) is 35.5 Å². The first-order chi connectivity index (χ1) is 22.1. The summed E-state index contributed by atoms with van der Waals surface area (Å²) in [6.07, 6.45) is 37.7. The molecule has 4 saturated carbocycles. The van der Waals surface area contributed by atoms with Crippen molar-refractivity contribution in [3.63, 3.8) is 0 Å². The standard InChI is InChI=1S/C42H80N2O/c1-5-9-35-11-15-37(16-12-35)31-33(7-3)27-29-43-39-19-23-41(24-20-39)45-42-25-21-40(22-26-42)44-30-28-34(8-4)32-38-17-13-36(10-6-2)14-18-38/h33-44H,5-32H2,1-4H3. The second-order valence-corrected chi connectivity index (χ2v) is 16.9. The number of hydrogen-bond acceptors (Lipinski definition) is 3. The molecule has 2 atom stereocenters. The zero-order valence-corrected chi connectivity index (χ0v) is 31.0. The van der Waals surface area contributed by atoms with Gasteiger partial charge in [0.1, 0.15) is 0 Å². The molecule has 0 saturated heterocycles. The third-order valence-corrected chi connectivity index (χ3v) is 13.5. The van der Waals surface area contributed by atoms with E-state index in [-0.39, 0.29) is 0 Å². The lowest BCUT2D eigenvalue weighted by Crippen LogP contribution is -2.40. The molecule has 2 N–H and O–H groups in total. The molecule has 0 aromatic carbocycles. The van der Waals surface area contributed by atoms with Crippen molar-refractivity contribution in [3.8, 4) is 0 Å². The molecule has 3 nitrogen and oxygen atoms in total. The molecule has 0 aromatic heterocycles. The molecule has 0 aliphatic heterocycles. The van der Waals surface area contributed by atoms with Gasteiger partial charge in [0.15, 0.2) is 0 Å². The van der Waals surface area contributed by atoms with Crippen LogP contribution in [-0.2, 0) is 4.74 Å². The summed E-state index contributed by atoms with van der Waals surface area (Å²) < 4.78 is 6.71. The fourth-order valence-electron chi connectivity index (χ4n) is 10.3. The van der Waals surface area contributed by atoms with E-state index in [4.69, 9.17) is 4.74 Å². The van der Waals surface area contributed by atoms with Crippen LogP contribution in [0.1, 0.15) is 195 Å². The zero-order chi connectivity index (χ0) is 31.7. The first-order valence-corrected chi connectivity index (χ1v) is 21.2. The van der Waals surface area contributed by atoms with Crippen LogP contribution >= 0.6 is 0 Å². The van der Waals surface area contributed by atoms with E-state index in [1.165, 1.54) is 180 Å². The van der Waals surface area contributed by atoms with Crippen LogP contribution in [0.4, 0.5) is 0 Å². The molecule has 0 aromatic rings. The second kappa shape index (κ2) is 21.8. The lowest BCUT2D eigenvalue weighted by Gasteiger charge is -2.35. The van der Waals surface area contributed by atoms with Gasteiger partial charge in [-0.2, -0.15) is 0 Å². The molecule has 0 spiro atoms. The molecular weight excluding hydrogens is 548 g/mol. The van der Waals surface area contributed by atoms with Crippen molar-refractivity contribution in [1.29, 1.82) is 0 Å². The van der Waals surface area contributed by atoms with E-state index in [1.54, 1.807) is 0 Å². The average molecular weight is 629 g/mol. The lowest BCUT2D eigenvalue weighted by molar-refractivity contribution is -0.0513. The molecule has 0 bridgehead atoms. The predicted octanol–water partition coefficient (Wildman–Crippen LogP) is 11.6. The molecule has 4 rings (SSSR count). The van der Waals surface area contributed by atoms with E-state index in [2.05, 4.69) is 38.3 Å². The summed E-state index contributed by atoms with van der Waals surface area (Å²) in [4.78, 5) is 0. The summed E-state index contributed by atoms with van der Waals surface area (Å²) in [5.41, 5.74) is 0. The highest BCUT2D eigenvalue weighted by molar-refractivity contribution is 4.83. The smallest absolute Gasteiger partial charge is 0.0580 e. The first-order valence-electron chi connectivity index (χ1n) is 21.2. The minimum absolute atomic E-state index is 0.520. The summed E-state index contributed by atoms with van der Waals surface area (Å²) in [5, 5.41) is 7.95.